The van der Waals surface area contributed by atoms with Crippen LogP contribution in [-0.2, 0) is 14.3 Å². The molecule has 0 aromatic heterocycles. The number of ether oxygens (including phenoxy) is 1. The fraction of sp³-hybridized carbons (Fsp3) is 0.542. The van der Waals surface area contributed by atoms with Gasteiger partial charge in [-0.1, -0.05) is 51.8 Å². The molecule has 2 unspecified atom stereocenters. The van der Waals surface area contributed by atoms with E-state index >= 15 is 0 Å². The second-order valence-electron chi connectivity index (χ2n) is 8.81. The van der Waals surface area contributed by atoms with Crippen LogP contribution in [0, 0.1) is 18.4 Å². The van der Waals surface area contributed by atoms with Crippen molar-refractivity contribution in [1.82, 2.24) is 15.5 Å². The fourth-order valence-electron chi connectivity index (χ4n) is 2.96. The summed E-state index contributed by atoms with van der Waals surface area (Å²) >= 11 is 0. The van der Waals surface area contributed by atoms with Gasteiger partial charge >= 0.3 is 6.09 Å². The number of benzene rings is 1. The maximum Gasteiger partial charge on any atom is 0.408 e. The van der Waals surface area contributed by atoms with Crippen LogP contribution >= 0.6 is 0 Å². The van der Waals surface area contributed by atoms with Crippen LogP contribution in [0.15, 0.2) is 24.3 Å². The van der Waals surface area contributed by atoms with E-state index in [4.69, 9.17) is 11.2 Å². The molecular weight excluding hydrogens is 410 g/mol. The zero-order valence-corrected chi connectivity index (χ0v) is 19.8. The third kappa shape index (κ3) is 7.80. The van der Waals surface area contributed by atoms with Crippen molar-refractivity contribution in [2.75, 3.05) is 6.54 Å². The van der Waals surface area contributed by atoms with Gasteiger partial charge in [0.05, 0.1) is 0 Å². The van der Waals surface area contributed by atoms with Crippen LogP contribution in [0.2, 0.25) is 0 Å². The van der Waals surface area contributed by atoms with Gasteiger partial charge in [-0.3, -0.25) is 14.5 Å². The molecule has 1 rings (SSSR count). The number of unbranched alkanes of at least 4 members (excludes halogenated alkanes) is 1. The van der Waals surface area contributed by atoms with E-state index in [1.807, 2.05) is 6.92 Å². The third-order valence-electron chi connectivity index (χ3n) is 4.55. The number of nitrogens with zero attached hydrogens (tertiary/aromatic N) is 1. The molecule has 0 saturated carbocycles. The number of amides is 3. The van der Waals surface area contributed by atoms with Gasteiger partial charge in [0.2, 0.25) is 5.91 Å². The second-order valence-corrected chi connectivity index (χ2v) is 8.81. The summed E-state index contributed by atoms with van der Waals surface area (Å²) in [5, 5.41) is 15.7. The molecule has 1 aromatic carbocycles. The van der Waals surface area contributed by atoms with E-state index in [2.05, 4.69) is 16.7 Å². The average Bonchev–Trinajstić information content (AvgIpc) is 2.69. The fourth-order valence-corrected chi connectivity index (χ4v) is 2.96. The molecule has 0 spiro atoms. The highest BCUT2D eigenvalue weighted by Crippen LogP contribution is 2.29. The van der Waals surface area contributed by atoms with Gasteiger partial charge in [-0.25, -0.2) is 4.79 Å². The highest BCUT2D eigenvalue weighted by molar-refractivity contribution is 5.93. The predicted octanol–water partition coefficient (Wildman–Crippen LogP) is 3.32. The van der Waals surface area contributed by atoms with Crippen LogP contribution in [0.4, 0.5) is 4.79 Å². The van der Waals surface area contributed by atoms with Gasteiger partial charge in [0, 0.05) is 18.2 Å². The van der Waals surface area contributed by atoms with E-state index in [1.54, 1.807) is 46.8 Å². The smallest absolute Gasteiger partial charge is 0.408 e. The van der Waals surface area contributed by atoms with Crippen LogP contribution in [0.5, 0.6) is 5.75 Å². The summed E-state index contributed by atoms with van der Waals surface area (Å²) in [5.41, 5.74) is -0.564. The van der Waals surface area contributed by atoms with Gasteiger partial charge in [-0.2, -0.15) is 0 Å². The molecule has 176 valence electrons. The number of rotatable bonds is 9. The molecule has 8 nitrogen and oxygen atoms in total. The lowest BCUT2D eigenvalue weighted by molar-refractivity contribution is -0.139. The van der Waals surface area contributed by atoms with Crippen molar-refractivity contribution >= 4 is 17.9 Å². The Morgan fingerprint density at radius 2 is 1.84 bits per heavy atom. The Balaban J connectivity index is 3.31. The van der Waals surface area contributed by atoms with E-state index in [0.29, 0.717) is 6.54 Å². The summed E-state index contributed by atoms with van der Waals surface area (Å²) in [6.07, 6.45) is 6.52. The predicted molar refractivity (Wildman–Crippen MR) is 122 cm³/mol. The van der Waals surface area contributed by atoms with Crippen molar-refractivity contribution in [2.24, 2.45) is 5.92 Å². The number of aromatic hydroxyl groups is 1. The minimum absolute atomic E-state index is 0.169. The molecule has 0 radical (unpaired) electrons. The molecule has 0 aliphatic rings. The number of carbonyl (C=O) groups excluding carboxylic acids is 3. The average molecular weight is 446 g/mol. The molecular formula is C24H35N3O5. The normalized spacial score (nSPS) is 12.9. The Bertz CT molecular complexity index is 839. The monoisotopic (exact) mass is 445 g/mol. The van der Waals surface area contributed by atoms with Crippen LogP contribution in [-0.4, -0.2) is 46.1 Å². The third-order valence-corrected chi connectivity index (χ3v) is 4.55. The summed E-state index contributed by atoms with van der Waals surface area (Å²) in [6.45, 7) is 11.0. The van der Waals surface area contributed by atoms with E-state index in [0.717, 1.165) is 17.7 Å². The molecule has 8 heteroatoms. The first-order valence-electron chi connectivity index (χ1n) is 10.8. The number of phenols is 1. The van der Waals surface area contributed by atoms with Gasteiger partial charge < -0.3 is 20.5 Å². The minimum Gasteiger partial charge on any atom is -0.508 e. The molecule has 0 aliphatic carbocycles. The summed E-state index contributed by atoms with van der Waals surface area (Å²) in [5.74, 6) is -1.70. The number of terminal acetylenes is 1. The van der Waals surface area contributed by atoms with Gasteiger partial charge in [-0.15, -0.1) is 0 Å². The van der Waals surface area contributed by atoms with Crippen molar-refractivity contribution in [2.45, 2.75) is 72.1 Å². The van der Waals surface area contributed by atoms with Crippen LogP contribution in [0.3, 0.4) is 0 Å². The van der Waals surface area contributed by atoms with E-state index in [-0.39, 0.29) is 17.2 Å². The van der Waals surface area contributed by atoms with E-state index < -0.39 is 35.6 Å². The molecule has 2 atom stereocenters. The van der Waals surface area contributed by atoms with E-state index in [9.17, 15) is 19.5 Å². The highest BCUT2D eigenvalue weighted by atomic mass is 16.6. The summed E-state index contributed by atoms with van der Waals surface area (Å²) in [7, 11) is 0. The lowest BCUT2D eigenvalue weighted by Crippen LogP contribution is -2.53. The Morgan fingerprint density at radius 3 is 2.34 bits per heavy atom. The summed E-state index contributed by atoms with van der Waals surface area (Å²) < 4.78 is 5.27. The molecule has 3 N–H and O–H groups in total. The zero-order valence-electron chi connectivity index (χ0n) is 19.8. The molecule has 0 saturated heterocycles. The first kappa shape index (κ1) is 26.8. The van der Waals surface area contributed by atoms with Gasteiger partial charge in [0.25, 0.3) is 5.91 Å². The molecule has 0 heterocycles. The van der Waals surface area contributed by atoms with Crippen LogP contribution < -0.4 is 10.6 Å². The molecule has 0 aliphatic heterocycles. The number of nitrogens with one attached hydrogen (secondary N) is 2. The number of hydrogen-bond donors (Lipinski definition) is 3. The molecule has 0 fully saturated rings. The molecule has 32 heavy (non-hydrogen) atoms. The summed E-state index contributed by atoms with van der Waals surface area (Å²) in [6, 6.07) is 6.15. The Morgan fingerprint density at radius 1 is 1.22 bits per heavy atom. The largest absolute Gasteiger partial charge is 0.508 e. The van der Waals surface area contributed by atoms with E-state index in [1.165, 1.54) is 12.1 Å². The standard InChI is InChI=1S/C24H35N3O5/c1-8-10-15-25-21(29)20(17-13-11-12-14-18(17)28)27(9-2)22(30)19(16(3)4)26-23(31)32-24(5,6)7/h2,11-14,16,19-20,28H,8,10,15H2,1,3-7H3,(H,25,29)(H,26,31). The van der Waals surface area contributed by atoms with Crippen LogP contribution in [0.1, 0.15) is 66.0 Å². The number of alkyl carbamates (subject to hydrolysis) is 1. The SMILES string of the molecule is C#CN(C(=O)C(NC(=O)OC(C)(C)C)C(C)C)C(C(=O)NCCCC)c1ccccc1O. The zero-order chi connectivity index (χ0) is 24.5. The van der Waals surface area contributed by atoms with Crippen molar-refractivity contribution in [3.63, 3.8) is 0 Å². The Labute approximate surface area is 190 Å². The second kappa shape index (κ2) is 12.0. The maximum absolute atomic E-state index is 13.4. The van der Waals surface area contributed by atoms with Gasteiger partial charge in [0.1, 0.15) is 17.4 Å². The number of hydrogen-bond acceptors (Lipinski definition) is 5. The first-order chi connectivity index (χ1) is 14.9. The topological polar surface area (TPSA) is 108 Å². The van der Waals surface area contributed by atoms with Gasteiger partial charge in [-0.05, 0) is 39.2 Å². The molecule has 3 amide bonds. The highest BCUT2D eigenvalue weighted by Gasteiger charge is 2.38. The number of phenolic OH excluding ortho intramolecular Hbond substituents is 1. The Hall–Kier alpha value is -3.21. The maximum atomic E-state index is 13.4. The summed E-state index contributed by atoms with van der Waals surface area (Å²) in [4.78, 5) is 39.7. The van der Waals surface area contributed by atoms with Crippen molar-refractivity contribution in [1.29, 1.82) is 0 Å². The minimum atomic E-state index is -1.27. The first-order valence-corrected chi connectivity index (χ1v) is 10.8. The number of carbonyl (C=O) groups is 3. The number of para-hydroxylation sites is 1. The van der Waals surface area contributed by atoms with Gasteiger partial charge in [0.15, 0.2) is 6.04 Å². The molecule has 0 bridgehead atoms. The van der Waals surface area contributed by atoms with Crippen molar-refractivity contribution in [3.05, 3.63) is 29.8 Å². The van der Waals surface area contributed by atoms with Crippen molar-refractivity contribution in [3.8, 4) is 18.2 Å². The quantitative estimate of drug-likeness (QED) is 0.307. The van der Waals surface area contributed by atoms with Crippen molar-refractivity contribution < 1.29 is 24.2 Å². The molecule has 1 aromatic rings. The lowest BCUT2D eigenvalue weighted by Gasteiger charge is -2.32. The Kier molecular flexibility index (Phi) is 10.0. The van der Waals surface area contributed by atoms with Crippen LogP contribution in [0.25, 0.3) is 0 Å². The lowest BCUT2D eigenvalue weighted by atomic mass is 9.99.